The number of carbonyl (C=O) groups is 2. The lowest BCUT2D eigenvalue weighted by molar-refractivity contribution is 0.0634. The van der Waals surface area contributed by atoms with Crippen molar-refractivity contribution in [3.63, 3.8) is 0 Å². The highest BCUT2D eigenvalue weighted by molar-refractivity contribution is 7.16. The molecular weight excluding hydrogens is 559 g/mol. The Morgan fingerprint density at radius 1 is 0.927 bits per heavy atom. The van der Waals surface area contributed by atoms with E-state index in [1.807, 2.05) is 36.3 Å². The van der Waals surface area contributed by atoms with Crippen LogP contribution in [-0.4, -0.2) is 84.8 Å². The van der Waals surface area contributed by atoms with Crippen LogP contribution in [-0.2, 0) is 0 Å². The van der Waals surface area contributed by atoms with Crippen molar-refractivity contribution in [2.24, 2.45) is 0 Å². The van der Waals surface area contributed by atoms with Crippen LogP contribution >= 0.6 is 22.7 Å². The van der Waals surface area contributed by atoms with Crippen LogP contribution in [0, 0.1) is 13.8 Å². The molecule has 0 aromatic carbocycles. The van der Waals surface area contributed by atoms with Gasteiger partial charge in [-0.1, -0.05) is 0 Å². The van der Waals surface area contributed by atoms with Crippen LogP contribution in [0.2, 0.25) is 0 Å². The fourth-order valence-electron chi connectivity index (χ4n) is 5.75. The zero-order chi connectivity index (χ0) is 28.1. The van der Waals surface area contributed by atoms with Crippen LogP contribution < -0.4 is 10.2 Å². The summed E-state index contributed by atoms with van der Waals surface area (Å²) in [4.78, 5) is 55.7. The van der Waals surface area contributed by atoms with Gasteiger partial charge in [-0.15, -0.1) is 22.7 Å². The Morgan fingerprint density at radius 3 is 2.27 bits per heavy atom. The van der Waals surface area contributed by atoms with Gasteiger partial charge >= 0.3 is 0 Å². The minimum absolute atomic E-state index is 0.000173. The zero-order valence-corrected chi connectivity index (χ0v) is 24.4. The minimum atomic E-state index is -0.00870. The van der Waals surface area contributed by atoms with E-state index in [4.69, 9.17) is 4.98 Å². The van der Waals surface area contributed by atoms with Crippen LogP contribution in [0.1, 0.15) is 50.7 Å². The first-order chi connectivity index (χ1) is 19.9. The highest BCUT2D eigenvalue weighted by atomic mass is 32.1. The van der Waals surface area contributed by atoms with Gasteiger partial charge < -0.3 is 20.0 Å². The Bertz CT molecular complexity index is 1580. The van der Waals surface area contributed by atoms with Crippen LogP contribution in [0.5, 0.6) is 0 Å². The van der Waals surface area contributed by atoms with Gasteiger partial charge in [0.1, 0.15) is 5.82 Å². The van der Waals surface area contributed by atoms with E-state index in [0.717, 1.165) is 58.8 Å². The number of pyridine rings is 1. The van der Waals surface area contributed by atoms with E-state index >= 15 is 0 Å². The van der Waals surface area contributed by atoms with Gasteiger partial charge in [0.25, 0.3) is 11.8 Å². The number of anilines is 3. The van der Waals surface area contributed by atoms with Crippen molar-refractivity contribution >= 4 is 51.4 Å². The molecule has 7 rings (SSSR count). The van der Waals surface area contributed by atoms with Gasteiger partial charge in [-0.25, -0.2) is 24.9 Å². The number of amides is 2. The Morgan fingerprint density at radius 2 is 1.66 bits per heavy atom. The van der Waals surface area contributed by atoms with Gasteiger partial charge in [-0.2, -0.15) is 0 Å². The van der Waals surface area contributed by atoms with Crippen molar-refractivity contribution in [1.82, 2.24) is 34.7 Å². The molecule has 210 valence electrons. The summed E-state index contributed by atoms with van der Waals surface area (Å²) in [6, 6.07) is 3.81. The lowest BCUT2D eigenvalue weighted by Crippen LogP contribution is -2.56. The predicted octanol–water partition coefficient (Wildman–Crippen LogP) is 4.15. The number of hydrogen-bond acceptors (Lipinski definition) is 11. The summed E-state index contributed by atoms with van der Waals surface area (Å²) in [6.45, 7) is 6.93. The molecule has 0 radical (unpaired) electrons. The van der Waals surface area contributed by atoms with Crippen LogP contribution in [0.25, 0.3) is 10.6 Å². The fraction of sp³-hybridized carbons (Fsp3) is 0.393. The van der Waals surface area contributed by atoms with Gasteiger partial charge in [-0.3, -0.25) is 9.59 Å². The quantitative estimate of drug-likeness (QED) is 0.355. The van der Waals surface area contributed by atoms with E-state index in [2.05, 4.69) is 30.2 Å². The number of nitrogens with zero attached hydrogens (tertiary/aromatic N) is 8. The summed E-state index contributed by atoms with van der Waals surface area (Å²) < 4.78 is 0. The maximum atomic E-state index is 13.5. The van der Waals surface area contributed by atoms with Gasteiger partial charge in [-0.05, 0) is 45.2 Å². The zero-order valence-electron chi connectivity index (χ0n) is 22.8. The van der Waals surface area contributed by atoms with E-state index in [1.54, 1.807) is 34.8 Å². The van der Waals surface area contributed by atoms with E-state index in [0.29, 0.717) is 36.0 Å². The minimum Gasteiger partial charge on any atom is -0.338 e. The third-order valence-corrected chi connectivity index (χ3v) is 9.77. The molecule has 4 aromatic heterocycles. The van der Waals surface area contributed by atoms with Gasteiger partial charge in [0.05, 0.1) is 44.5 Å². The van der Waals surface area contributed by atoms with Crippen molar-refractivity contribution < 1.29 is 9.59 Å². The number of thiazole rings is 2. The van der Waals surface area contributed by atoms with Crippen LogP contribution in [0.4, 0.5) is 16.9 Å². The predicted molar refractivity (Wildman–Crippen MR) is 158 cm³/mol. The number of hydrogen-bond donors (Lipinski definition) is 1. The molecule has 3 aliphatic rings. The second kappa shape index (κ2) is 10.5. The van der Waals surface area contributed by atoms with E-state index < -0.39 is 0 Å². The fourth-order valence-corrected chi connectivity index (χ4v) is 7.42. The van der Waals surface area contributed by atoms with Crippen molar-refractivity contribution in [3.8, 4) is 10.6 Å². The molecule has 0 spiro atoms. The lowest BCUT2D eigenvalue weighted by Gasteiger charge is -2.41. The first kappa shape index (κ1) is 26.0. The average molecular weight is 588 g/mol. The first-order valence-electron chi connectivity index (χ1n) is 13.7. The number of aromatic nitrogens is 5. The third-order valence-electron chi connectivity index (χ3n) is 7.91. The highest BCUT2D eigenvalue weighted by Crippen LogP contribution is 2.34. The summed E-state index contributed by atoms with van der Waals surface area (Å²) in [6.07, 6.45) is 7.82. The van der Waals surface area contributed by atoms with E-state index in [1.165, 1.54) is 11.3 Å². The molecule has 2 amide bonds. The van der Waals surface area contributed by atoms with Crippen LogP contribution in [0.15, 0.2) is 36.1 Å². The number of aryl methyl sites for hydroxylation is 2. The maximum Gasteiger partial charge on any atom is 0.256 e. The number of fused-ring (bicyclic) bond motifs is 2. The topological polar surface area (TPSA) is 120 Å². The van der Waals surface area contributed by atoms with Crippen molar-refractivity contribution in [2.45, 2.75) is 45.2 Å². The van der Waals surface area contributed by atoms with E-state index in [9.17, 15) is 9.59 Å². The van der Waals surface area contributed by atoms with Gasteiger partial charge in [0.2, 0.25) is 5.95 Å². The maximum absolute atomic E-state index is 13.5. The molecule has 1 unspecified atom stereocenters. The summed E-state index contributed by atoms with van der Waals surface area (Å²) in [5.41, 5.74) is 2.99. The number of nitrogens with one attached hydrogen (secondary N) is 1. The number of piperazine rings is 1. The van der Waals surface area contributed by atoms with E-state index in [-0.39, 0.29) is 23.9 Å². The summed E-state index contributed by atoms with van der Waals surface area (Å²) in [7, 11) is 0. The van der Waals surface area contributed by atoms with Crippen molar-refractivity contribution in [3.05, 3.63) is 57.9 Å². The largest absolute Gasteiger partial charge is 0.338 e. The SMILES string of the molecule is Cc1nc(C)c(-c2csc(Nc3ccc(C(=O)N4C5CC[C@@H]4CN(c4ncc(C(=O)N6CCC6)cn4)C5)cn3)n2)s1. The smallest absolute Gasteiger partial charge is 0.256 e. The molecule has 11 nitrogen and oxygen atoms in total. The second-order valence-corrected chi connectivity index (χ2v) is 12.7. The average Bonchev–Trinajstić information content (AvgIpc) is 3.62. The normalized spacial score (nSPS) is 19.8. The molecule has 41 heavy (non-hydrogen) atoms. The molecule has 0 aliphatic carbocycles. The number of likely N-dealkylation sites (tertiary alicyclic amines) is 1. The number of rotatable bonds is 6. The molecule has 4 aromatic rings. The lowest BCUT2D eigenvalue weighted by atomic mass is 10.1. The molecule has 13 heteroatoms. The standard InChI is InChI=1S/C28H29N9O2S2/c1-16-24(41-17(2)32-16)22-15-40-28(33-22)34-23-7-4-18(10-29-23)26(39)37-20-5-6-21(37)14-36(13-20)27-30-11-19(12-31-27)25(38)35-8-3-9-35/h4,7,10-12,15,20-21H,3,5-6,8-9,13-14H2,1-2H3,(H,29,33,34)/t20-,21?/m1/s1. The molecule has 2 atom stereocenters. The Labute approximate surface area is 245 Å². The van der Waals surface area contributed by atoms with Gasteiger partial charge in [0.15, 0.2) is 5.13 Å². The monoisotopic (exact) mass is 587 g/mol. The summed E-state index contributed by atoms with van der Waals surface area (Å²) in [5.74, 6) is 1.24. The highest BCUT2D eigenvalue weighted by Gasteiger charge is 2.43. The first-order valence-corrected chi connectivity index (χ1v) is 15.4. The molecular formula is C28H29N9O2S2. The summed E-state index contributed by atoms with van der Waals surface area (Å²) in [5, 5.41) is 7.04. The third kappa shape index (κ3) is 4.93. The van der Waals surface area contributed by atoms with Crippen LogP contribution in [0.3, 0.4) is 0 Å². The van der Waals surface area contributed by atoms with Gasteiger partial charge in [0, 0.05) is 50.1 Å². The Kier molecular flexibility index (Phi) is 6.62. The molecule has 3 fully saturated rings. The molecule has 7 heterocycles. The molecule has 0 saturated carbocycles. The van der Waals surface area contributed by atoms with Crippen molar-refractivity contribution in [1.29, 1.82) is 0 Å². The molecule has 3 saturated heterocycles. The second-order valence-electron chi connectivity index (χ2n) is 10.7. The van der Waals surface area contributed by atoms with Crippen molar-refractivity contribution in [2.75, 3.05) is 36.4 Å². The molecule has 1 N–H and O–H groups in total. The Hall–Kier alpha value is -3.97. The Balaban J connectivity index is 0.989. The molecule has 3 aliphatic heterocycles. The molecule has 2 bridgehead atoms. The summed E-state index contributed by atoms with van der Waals surface area (Å²) >= 11 is 3.15. The number of carbonyl (C=O) groups excluding carboxylic acids is 2.